The number of nitrogens with zero attached hydrogens (tertiary/aromatic N) is 2. The number of hydrogen-bond acceptors (Lipinski definition) is 7. The summed E-state index contributed by atoms with van der Waals surface area (Å²) in [4.78, 5) is 20.0. The van der Waals surface area contributed by atoms with E-state index in [4.69, 9.17) is 18.9 Å². The van der Waals surface area contributed by atoms with Crippen molar-refractivity contribution in [3.8, 4) is 23.0 Å². The third-order valence-electron chi connectivity index (χ3n) is 6.50. The van der Waals surface area contributed by atoms with Crippen molar-refractivity contribution in [1.82, 2.24) is 9.88 Å². The van der Waals surface area contributed by atoms with E-state index in [9.17, 15) is 4.79 Å². The summed E-state index contributed by atoms with van der Waals surface area (Å²) in [6.45, 7) is 10.7. The average Bonchev–Trinajstić information content (AvgIpc) is 2.95. The fraction of sp³-hybridized carbons (Fsp3) is 0.419. The maximum absolute atomic E-state index is 13.6. The van der Waals surface area contributed by atoms with Crippen molar-refractivity contribution in [2.75, 3.05) is 38.7 Å². The fourth-order valence-corrected chi connectivity index (χ4v) is 5.61. The van der Waals surface area contributed by atoms with Gasteiger partial charge in [-0.15, -0.1) is 0 Å². The summed E-state index contributed by atoms with van der Waals surface area (Å²) in [6.07, 6.45) is 3.14. The van der Waals surface area contributed by atoms with Crippen molar-refractivity contribution in [1.29, 1.82) is 0 Å². The first-order valence-electron chi connectivity index (χ1n) is 13.7. The molecule has 1 aliphatic rings. The molecule has 1 amide bonds. The van der Waals surface area contributed by atoms with E-state index in [1.165, 1.54) is 17.3 Å². The molecule has 0 saturated carbocycles. The summed E-state index contributed by atoms with van der Waals surface area (Å²) in [5.41, 5.74) is 3.35. The molecule has 0 radical (unpaired) electrons. The molecule has 2 aromatic carbocycles. The van der Waals surface area contributed by atoms with Crippen molar-refractivity contribution in [2.24, 2.45) is 0 Å². The van der Waals surface area contributed by atoms with Crippen molar-refractivity contribution in [3.63, 3.8) is 0 Å². The lowest BCUT2D eigenvalue weighted by atomic mass is 9.88. The van der Waals surface area contributed by atoms with E-state index >= 15 is 0 Å². The number of carbonyl (C=O) groups excluding carboxylic acids is 1. The molecule has 8 heteroatoms. The minimum absolute atomic E-state index is 0.0871. The number of amides is 1. The van der Waals surface area contributed by atoms with E-state index in [2.05, 4.69) is 23.2 Å². The zero-order valence-electron chi connectivity index (χ0n) is 23.3. The van der Waals surface area contributed by atoms with Gasteiger partial charge in [0, 0.05) is 12.7 Å². The Hall–Kier alpha value is -3.39. The quantitative estimate of drug-likeness (QED) is 0.237. The van der Waals surface area contributed by atoms with Crippen LogP contribution in [0.2, 0.25) is 0 Å². The van der Waals surface area contributed by atoms with Gasteiger partial charge in [-0.1, -0.05) is 23.9 Å². The van der Waals surface area contributed by atoms with Crippen LogP contribution in [0.3, 0.4) is 0 Å². The Kier molecular flexibility index (Phi) is 10.4. The van der Waals surface area contributed by atoms with Crippen molar-refractivity contribution < 1.29 is 23.7 Å². The molecule has 1 aliphatic heterocycles. The van der Waals surface area contributed by atoms with Crippen molar-refractivity contribution >= 4 is 17.7 Å². The van der Waals surface area contributed by atoms with E-state index in [1.807, 2.05) is 62.9 Å². The summed E-state index contributed by atoms with van der Waals surface area (Å²) in [5.74, 6) is 3.32. The highest BCUT2D eigenvalue weighted by Gasteiger charge is 2.32. The van der Waals surface area contributed by atoms with Crippen LogP contribution in [0.15, 0.2) is 59.8 Å². The zero-order chi connectivity index (χ0) is 27.6. The van der Waals surface area contributed by atoms with Gasteiger partial charge in [-0.25, -0.2) is 4.98 Å². The molecule has 1 aromatic heterocycles. The van der Waals surface area contributed by atoms with Gasteiger partial charge in [-0.05, 0) is 93.6 Å². The Labute approximate surface area is 235 Å². The number of pyridine rings is 1. The highest BCUT2D eigenvalue weighted by Crippen LogP contribution is 2.41. The lowest BCUT2D eigenvalue weighted by molar-refractivity contribution is -0.131. The third-order valence-corrected chi connectivity index (χ3v) is 7.43. The SMILES string of the molecule is CCOc1ccc(C[C@@H]2c3cc(OCC)c(OCC)cc3CCN2C(=O)CSc2ccccn2)cc1OCC. The molecule has 3 aromatic rings. The predicted molar refractivity (Wildman–Crippen MR) is 154 cm³/mol. The summed E-state index contributed by atoms with van der Waals surface area (Å²) in [6, 6.07) is 15.8. The topological polar surface area (TPSA) is 70.1 Å². The van der Waals surface area contributed by atoms with Crippen LogP contribution in [-0.4, -0.2) is 54.5 Å². The minimum atomic E-state index is -0.159. The van der Waals surface area contributed by atoms with E-state index in [0.29, 0.717) is 50.9 Å². The first-order valence-corrected chi connectivity index (χ1v) is 14.7. The lowest BCUT2D eigenvalue weighted by Crippen LogP contribution is -2.42. The Morgan fingerprint density at radius 2 is 1.54 bits per heavy atom. The van der Waals surface area contributed by atoms with Crippen LogP contribution in [0.1, 0.15) is 50.4 Å². The van der Waals surface area contributed by atoms with Crippen LogP contribution in [0.4, 0.5) is 0 Å². The van der Waals surface area contributed by atoms with Gasteiger partial charge in [0.25, 0.3) is 0 Å². The van der Waals surface area contributed by atoms with Crippen LogP contribution in [0, 0.1) is 0 Å². The molecular formula is C31H38N2O5S. The Morgan fingerprint density at radius 1 is 0.872 bits per heavy atom. The minimum Gasteiger partial charge on any atom is -0.490 e. The van der Waals surface area contributed by atoms with Gasteiger partial charge in [-0.2, -0.15) is 0 Å². The average molecular weight is 551 g/mol. The molecule has 0 saturated heterocycles. The second kappa shape index (κ2) is 14.1. The van der Waals surface area contributed by atoms with Crippen molar-refractivity contribution in [3.05, 3.63) is 71.4 Å². The van der Waals surface area contributed by atoms with Crippen LogP contribution in [-0.2, 0) is 17.6 Å². The molecular weight excluding hydrogens is 512 g/mol. The van der Waals surface area contributed by atoms with E-state index in [1.54, 1.807) is 6.20 Å². The number of carbonyl (C=O) groups is 1. The van der Waals surface area contributed by atoms with Gasteiger partial charge in [0.1, 0.15) is 0 Å². The second-order valence-electron chi connectivity index (χ2n) is 9.02. The van der Waals surface area contributed by atoms with Gasteiger partial charge in [-0.3, -0.25) is 4.79 Å². The van der Waals surface area contributed by atoms with Gasteiger partial charge < -0.3 is 23.8 Å². The summed E-state index contributed by atoms with van der Waals surface area (Å²) in [5, 5.41) is 0.840. The Balaban J connectivity index is 1.69. The van der Waals surface area contributed by atoms with Crippen LogP contribution >= 0.6 is 11.8 Å². The molecule has 7 nitrogen and oxygen atoms in total. The number of rotatable bonds is 13. The Bertz CT molecular complexity index is 1240. The molecule has 0 aliphatic carbocycles. The van der Waals surface area contributed by atoms with E-state index < -0.39 is 0 Å². The van der Waals surface area contributed by atoms with Gasteiger partial charge in [0.2, 0.25) is 5.91 Å². The first-order chi connectivity index (χ1) is 19.1. The maximum Gasteiger partial charge on any atom is 0.233 e. The standard InChI is InChI=1S/C31H38N2O5S/c1-5-35-26-13-12-22(18-27(26)36-6-2)17-25-24-20-29(38-8-4)28(37-7-3)19-23(24)14-16-33(25)31(34)21-39-30-11-9-10-15-32-30/h9-13,15,18-20,25H,5-8,14,16-17,21H2,1-4H3/t25-/m1/s1. The Morgan fingerprint density at radius 3 is 2.21 bits per heavy atom. The second-order valence-corrected chi connectivity index (χ2v) is 10.0. The van der Waals surface area contributed by atoms with Gasteiger partial charge in [0.15, 0.2) is 23.0 Å². The highest BCUT2D eigenvalue weighted by molar-refractivity contribution is 7.99. The smallest absolute Gasteiger partial charge is 0.233 e. The summed E-state index contributed by atoms with van der Waals surface area (Å²) < 4.78 is 23.5. The molecule has 0 spiro atoms. The zero-order valence-corrected chi connectivity index (χ0v) is 24.1. The largest absolute Gasteiger partial charge is 0.490 e. The molecule has 208 valence electrons. The summed E-state index contributed by atoms with van der Waals surface area (Å²) >= 11 is 1.47. The third kappa shape index (κ3) is 7.18. The number of ether oxygens (including phenoxy) is 4. The van der Waals surface area contributed by atoms with Crippen LogP contribution in [0.5, 0.6) is 23.0 Å². The molecule has 39 heavy (non-hydrogen) atoms. The van der Waals surface area contributed by atoms with Gasteiger partial charge >= 0.3 is 0 Å². The number of fused-ring (bicyclic) bond motifs is 1. The molecule has 1 atom stereocenters. The normalized spacial score (nSPS) is 14.5. The number of hydrogen-bond donors (Lipinski definition) is 0. The molecule has 2 heterocycles. The predicted octanol–water partition coefficient (Wildman–Crippen LogP) is 6.14. The number of aromatic nitrogens is 1. The summed E-state index contributed by atoms with van der Waals surface area (Å²) in [7, 11) is 0. The van der Waals surface area contributed by atoms with Crippen molar-refractivity contribution in [2.45, 2.75) is 51.6 Å². The number of thioether (sulfide) groups is 1. The maximum atomic E-state index is 13.6. The molecule has 4 rings (SSSR count). The number of benzene rings is 2. The molecule has 0 fully saturated rings. The van der Waals surface area contributed by atoms with Crippen LogP contribution < -0.4 is 18.9 Å². The first kappa shape index (κ1) is 28.6. The monoisotopic (exact) mass is 550 g/mol. The molecule has 0 bridgehead atoms. The van der Waals surface area contributed by atoms with Gasteiger partial charge in [0.05, 0.1) is 43.2 Å². The fourth-order valence-electron chi connectivity index (χ4n) is 4.86. The molecule has 0 unspecified atom stereocenters. The molecule has 0 N–H and O–H groups in total. The van der Waals surface area contributed by atoms with E-state index in [0.717, 1.165) is 39.8 Å². The van der Waals surface area contributed by atoms with Crippen LogP contribution in [0.25, 0.3) is 0 Å². The van der Waals surface area contributed by atoms with E-state index in [-0.39, 0.29) is 11.9 Å². The highest BCUT2D eigenvalue weighted by atomic mass is 32.2. The lowest BCUT2D eigenvalue weighted by Gasteiger charge is -2.38.